The van der Waals surface area contributed by atoms with Gasteiger partial charge < -0.3 is 4.98 Å². The van der Waals surface area contributed by atoms with Crippen molar-refractivity contribution in [2.75, 3.05) is 0 Å². The second kappa shape index (κ2) is 3.17. The lowest BCUT2D eigenvalue weighted by atomic mass is 10.3. The number of hydrogen-bond donors (Lipinski definition) is 1. The zero-order valence-corrected chi connectivity index (χ0v) is 9.01. The van der Waals surface area contributed by atoms with E-state index in [0.717, 1.165) is 27.4 Å². The van der Waals surface area contributed by atoms with Crippen molar-refractivity contribution in [1.82, 2.24) is 15.0 Å². The molecule has 3 nitrogen and oxygen atoms in total. The van der Waals surface area contributed by atoms with Crippen LogP contribution in [-0.2, 0) is 0 Å². The van der Waals surface area contributed by atoms with E-state index in [1.807, 2.05) is 36.7 Å². The smallest absolute Gasteiger partial charge is 0.150 e. The molecule has 0 atom stereocenters. The monoisotopic (exact) mass is 215 g/mol. The highest BCUT2D eigenvalue weighted by Crippen LogP contribution is 2.26. The lowest BCUT2D eigenvalue weighted by Crippen LogP contribution is -1.79. The van der Waals surface area contributed by atoms with Crippen LogP contribution < -0.4 is 0 Å². The van der Waals surface area contributed by atoms with Crippen molar-refractivity contribution < 1.29 is 0 Å². The molecule has 0 aliphatic rings. The van der Waals surface area contributed by atoms with Crippen LogP contribution in [0.1, 0.15) is 5.69 Å². The molecule has 4 heteroatoms. The van der Waals surface area contributed by atoms with Gasteiger partial charge in [0.2, 0.25) is 0 Å². The van der Waals surface area contributed by atoms with Gasteiger partial charge in [-0.15, -0.1) is 11.3 Å². The van der Waals surface area contributed by atoms with E-state index in [0.29, 0.717) is 0 Å². The molecule has 15 heavy (non-hydrogen) atoms. The van der Waals surface area contributed by atoms with Crippen molar-refractivity contribution in [1.29, 1.82) is 0 Å². The first-order chi connectivity index (χ1) is 7.34. The second-order valence-electron chi connectivity index (χ2n) is 3.37. The van der Waals surface area contributed by atoms with Gasteiger partial charge in [0, 0.05) is 0 Å². The zero-order valence-electron chi connectivity index (χ0n) is 8.19. The molecular formula is C11H9N3S. The van der Waals surface area contributed by atoms with Gasteiger partial charge in [-0.1, -0.05) is 12.1 Å². The van der Waals surface area contributed by atoms with Gasteiger partial charge in [0.05, 0.1) is 27.1 Å². The van der Waals surface area contributed by atoms with Crippen LogP contribution in [0.3, 0.4) is 0 Å². The Kier molecular flexibility index (Phi) is 1.82. The Bertz CT molecular complexity index is 576. The van der Waals surface area contributed by atoms with E-state index >= 15 is 0 Å². The second-order valence-corrected chi connectivity index (χ2v) is 4.22. The Morgan fingerprint density at radius 3 is 2.87 bits per heavy atom. The van der Waals surface area contributed by atoms with Crippen LogP contribution in [0.4, 0.5) is 0 Å². The highest BCUT2D eigenvalue weighted by molar-refractivity contribution is 7.13. The molecule has 3 aromatic rings. The van der Waals surface area contributed by atoms with E-state index in [2.05, 4.69) is 15.0 Å². The summed E-state index contributed by atoms with van der Waals surface area (Å²) in [5.41, 5.74) is 4.94. The molecule has 0 radical (unpaired) electrons. The lowest BCUT2D eigenvalue weighted by molar-refractivity contribution is 1.24. The summed E-state index contributed by atoms with van der Waals surface area (Å²) in [7, 11) is 0. The van der Waals surface area contributed by atoms with E-state index in [9.17, 15) is 0 Å². The topological polar surface area (TPSA) is 41.6 Å². The van der Waals surface area contributed by atoms with Crippen LogP contribution in [-0.4, -0.2) is 15.0 Å². The third-order valence-corrected chi connectivity index (χ3v) is 3.29. The largest absolute Gasteiger partial charge is 0.337 e. The van der Waals surface area contributed by atoms with Crippen molar-refractivity contribution in [3.05, 3.63) is 35.5 Å². The molecule has 0 amide bonds. The zero-order chi connectivity index (χ0) is 10.3. The molecule has 1 N–H and O–H groups in total. The lowest BCUT2D eigenvalue weighted by Gasteiger charge is -1.90. The first kappa shape index (κ1) is 8.61. The first-order valence-corrected chi connectivity index (χ1v) is 5.58. The molecular weight excluding hydrogens is 206 g/mol. The number of aromatic nitrogens is 3. The van der Waals surface area contributed by atoms with Gasteiger partial charge in [-0.3, -0.25) is 0 Å². The molecule has 0 aliphatic carbocycles. The van der Waals surface area contributed by atoms with Crippen LogP contribution in [0.5, 0.6) is 0 Å². The van der Waals surface area contributed by atoms with Gasteiger partial charge in [-0.2, -0.15) is 0 Å². The predicted octanol–water partition coefficient (Wildman–Crippen LogP) is 2.99. The first-order valence-electron chi connectivity index (χ1n) is 4.70. The van der Waals surface area contributed by atoms with Crippen molar-refractivity contribution in [3.8, 4) is 10.7 Å². The van der Waals surface area contributed by atoms with Crippen LogP contribution >= 0.6 is 11.3 Å². The number of benzene rings is 1. The van der Waals surface area contributed by atoms with Gasteiger partial charge in [0.25, 0.3) is 0 Å². The predicted molar refractivity (Wildman–Crippen MR) is 61.9 cm³/mol. The number of para-hydroxylation sites is 2. The molecule has 2 aromatic heterocycles. The van der Waals surface area contributed by atoms with Crippen LogP contribution in [0.15, 0.2) is 29.8 Å². The van der Waals surface area contributed by atoms with Crippen LogP contribution in [0.2, 0.25) is 0 Å². The molecule has 0 fully saturated rings. The molecule has 0 saturated heterocycles. The average Bonchev–Trinajstić information content (AvgIpc) is 2.82. The van der Waals surface area contributed by atoms with Crippen LogP contribution in [0.25, 0.3) is 21.7 Å². The summed E-state index contributed by atoms with van der Waals surface area (Å²) in [5, 5.41) is 0. The normalized spacial score (nSPS) is 11.0. The fraction of sp³-hybridized carbons (Fsp3) is 0.0909. The van der Waals surface area contributed by atoms with Gasteiger partial charge in [-0.25, -0.2) is 9.97 Å². The minimum absolute atomic E-state index is 0.913. The van der Waals surface area contributed by atoms with Crippen LogP contribution in [0, 0.1) is 6.92 Å². The Labute approximate surface area is 90.8 Å². The van der Waals surface area contributed by atoms with Crippen molar-refractivity contribution in [3.63, 3.8) is 0 Å². The molecule has 2 heterocycles. The number of fused-ring (bicyclic) bond motifs is 1. The standard InChI is InChI=1S/C11H9N3S/c1-7-10(15-6-12-7)11-13-8-4-2-3-5-9(8)14-11/h2-6H,1H3,(H,13,14). The average molecular weight is 215 g/mol. The highest BCUT2D eigenvalue weighted by atomic mass is 32.1. The van der Waals surface area contributed by atoms with E-state index < -0.39 is 0 Å². The van der Waals surface area contributed by atoms with Crippen molar-refractivity contribution >= 4 is 22.4 Å². The maximum absolute atomic E-state index is 4.53. The summed E-state index contributed by atoms with van der Waals surface area (Å²) in [6, 6.07) is 8.03. The number of nitrogens with zero attached hydrogens (tertiary/aromatic N) is 2. The number of nitrogens with one attached hydrogen (secondary N) is 1. The summed E-state index contributed by atoms with van der Waals surface area (Å²) in [6.45, 7) is 2.00. The maximum Gasteiger partial charge on any atom is 0.150 e. The Hall–Kier alpha value is -1.68. The maximum atomic E-state index is 4.53. The fourth-order valence-electron chi connectivity index (χ4n) is 1.59. The summed E-state index contributed by atoms with van der Waals surface area (Å²) in [6.07, 6.45) is 0. The van der Waals surface area contributed by atoms with E-state index in [4.69, 9.17) is 0 Å². The Morgan fingerprint density at radius 2 is 2.13 bits per heavy atom. The third kappa shape index (κ3) is 1.34. The van der Waals surface area contributed by atoms with Gasteiger partial charge >= 0.3 is 0 Å². The van der Waals surface area contributed by atoms with Gasteiger partial charge in [-0.05, 0) is 19.1 Å². The quantitative estimate of drug-likeness (QED) is 0.678. The Balaban J connectivity index is 2.24. The van der Waals surface area contributed by atoms with Gasteiger partial charge in [0.1, 0.15) is 0 Å². The minimum atomic E-state index is 0.913. The highest BCUT2D eigenvalue weighted by Gasteiger charge is 2.09. The number of rotatable bonds is 1. The molecule has 1 aromatic carbocycles. The van der Waals surface area contributed by atoms with Crippen molar-refractivity contribution in [2.45, 2.75) is 6.92 Å². The molecule has 0 spiro atoms. The summed E-state index contributed by atoms with van der Waals surface area (Å²) in [5.74, 6) is 0.913. The summed E-state index contributed by atoms with van der Waals surface area (Å²) < 4.78 is 0. The van der Waals surface area contributed by atoms with Crippen molar-refractivity contribution in [2.24, 2.45) is 0 Å². The van der Waals surface area contributed by atoms with E-state index in [-0.39, 0.29) is 0 Å². The molecule has 0 unspecified atom stereocenters. The van der Waals surface area contributed by atoms with Gasteiger partial charge in [0.15, 0.2) is 5.82 Å². The minimum Gasteiger partial charge on any atom is -0.337 e. The number of hydrogen-bond acceptors (Lipinski definition) is 3. The van der Waals surface area contributed by atoms with E-state index in [1.54, 1.807) is 11.3 Å². The molecule has 0 bridgehead atoms. The number of aromatic amines is 1. The third-order valence-electron chi connectivity index (χ3n) is 2.35. The summed E-state index contributed by atoms with van der Waals surface area (Å²) >= 11 is 1.61. The summed E-state index contributed by atoms with van der Waals surface area (Å²) in [4.78, 5) is 13.2. The molecule has 74 valence electrons. The van der Waals surface area contributed by atoms with E-state index in [1.165, 1.54) is 0 Å². The number of aryl methyl sites for hydroxylation is 1. The number of H-pyrrole nitrogens is 1. The number of thiazole rings is 1. The Morgan fingerprint density at radius 1 is 1.27 bits per heavy atom. The SMILES string of the molecule is Cc1ncsc1-c1nc2ccccc2[nH]1. The molecule has 3 rings (SSSR count). The fourth-order valence-corrected chi connectivity index (χ4v) is 2.34. The number of imidazole rings is 1. The molecule has 0 aliphatic heterocycles. The molecule has 0 saturated carbocycles.